The average molecular weight is 306 g/mol. The minimum atomic E-state index is -0.769. The Balaban J connectivity index is 2.46. The first-order chi connectivity index (χ1) is 7.50. The minimum Gasteiger partial charge on any atom is -0.397 e. The summed E-state index contributed by atoms with van der Waals surface area (Å²) in [6.45, 7) is 2.72. The van der Waals surface area contributed by atoms with Crippen molar-refractivity contribution in [3.05, 3.63) is 16.7 Å². The Kier molecular flexibility index (Phi) is 5.21. The number of nitrogen functional groups attached to an aromatic ring is 1. The molecule has 16 heavy (non-hydrogen) atoms. The Morgan fingerprint density at radius 3 is 2.94 bits per heavy atom. The lowest BCUT2D eigenvalue weighted by Crippen LogP contribution is -2.15. The van der Waals surface area contributed by atoms with Gasteiger partial charge in [0.25, 0.3) is 0 Å². The molecule has 0 aliphatic rings. The van der Waals surface area contributed by atoms with E-state index in [4.69, 9.17) is 5.73 Å². The fourth-order valence-corrected chi connectivity index (χ4v) is 2.10. The zero-order valence-corrected chi connectivity index (χ0v) is 11.8. The number of hydrogen-bond acceptors (Lipinski definition) is 4. The van der Waals surface area contributed by atoms with E-state index in [1.807, 2.05) is 6.92 Å². The monoisotopic (exact) mass is 305 g/mol. The number of nitrogens with zero attached hydrogens (tertiary/aromatic N) is 1. The number of hydrogen-bond donors (Lipinski definition) is 2. The van der Waals surface area contributed by atoms with Gasteiger partial charge < -0.3 is 11.1 Å². The third-order valence-corrected chi connectivity index (χ3v) is 4.25. The number of pyridine rings is 1. The topological polar surface area (TPSA) is 68.0 Å². The van der Waals surface area contributed by atoms with E-state index in [2.05, 4.69) is 26.2 Å². The Morgan fingerprint density at radius 2 is 2.38 bits per heavy atom. The maximum Gasteiger partial charge on any atom is 0.140 e. The Bertz CT molecular complexity index is 386. The van der Waals surface area contributed by atoms with Crippen LogP contribution in [0, 0.1) is 0 Å². The summed E-state index contributed by atoms with van der Waals surface area (Å²) in [4.78, 5) is 4.16. The number of aromatic nitrogens is 1. The maximum atomic E-state index is 11.1. The number of nitrogens with two attached hydrogens (primary N) is 1. The highest BCUT2D eigenvalue weighted by Crippen LogP contribution is 2.21. The first kappa shape index (κ1) is 13.4. The van der Waals surface area contributed by atoms with Gasteiger partial charge in [0.1, 0.15) is 5.82 Å². The van der Waals surface area contributed by atoms with Crippen LogP contribution < -0.4 is 11.1 Å². The van der Waals surface area contributed by atoms with Crippen molar-refractivity contribution < 1.29 is 4.21 Å². The van der Waals surface area contributed by atoms with Crippen molar-refractivity contribution in [3.8, 4) is 0 Å². The highest BCUT2D eigenvalue weighted by Gasteiger charge is 2.06. The second-order valence-corrected chi connectivity index (χ2v) is 6.28. The van der Waals surface area contributed by atoms with Gasteiger partial charge in [0, 0.05) is 28.9 Å². The van der Waals surface area contributed by atoms with Gasteiger partial charge in [0.15, 0.2) is 0 Å². The van der Waals surface area contributed by atoms with Crippen LogP contribution in [0.15, 0.2) is 16.7 Å². The zero-order chi connectivity index (χ0) is 12.1. The van der Waals surface area contributed by atoms with Crippen LogP contribution in [-0.4, -0.2) is 27.2 Å². The fourth-order valence-electron chi connectivity index (χ4n) is 1.14. The van der Waals surface area contributed by atoms with Gasteiger partial charge in [0.05, 0.1) is 16.4 Å². The third kappa shape index (κ3) is 4.09. The number of rotatable bonds is 5. The van der Waals surface area contributed by atoms with Crippen molar-refractivity contribution in [2.24, 2.45) is 0 Å². The lowest BCUT2D eigenvalue weighted by molar-refractivity contribution is 0.672. The fraction of sp³-hybridized carbons (Fsp3) is 0.500. The van der Waals surface area contributed by atoms with Crippen molar-refractivity contribution in [1.82, 2.24) is 4.98 Å². The number of anilines is 2. The van der Waals surface area contributed by atoms with Gasteiger partial charge in [-0.1, -0.05) is 6.92 Å². The molecule has 4 nitrogen and oxygen atoms in total. The predicted molar refractivity (Wildman–Crippen MR) is 73.0 cm³/mol. The molecule has 0 bridgehead atoms. The Labute approximate surface area is 107 Å². The molecule has 1 aromatic rings. The highest BCUT2D eigenvalue weighted by atomic mass is 79.9. The third-order valence-electron chi connectivity index (χ3n) is 2.27. The summed E-state index contributed by atoms with van der Waals surface area (Å²) >= 11 is 3.38. The average Bonchev–Trinajstić information content (AvgIpc) is 2.20. The van der Waals surface area contributed by atoms with E-state index in [9.17, 15) is 4.21 Å². The Hall–Kier alpha value is -0.620. The van der Waals surface area contributed by atoms with Crippen molar-refractivity contribution in [1.29, 1.82) is 0 Å². The molecule has 0 aromatic carbocycles. The van der Waals surface area contributed by atoms with Gasteiger partial charge in [-0.3, -0.25) is 4.21 Å². The molecule has 1 aromatic heterocycles. The molecule has 0 saturated heterocycles. The second kappa shape index (κ2) is 6.20. The first-order valence-electron chi connectivity index (χ1n) is 4.98. The summed E-state index contributed by atoms with van der Waals surface area (Å²) in [5.74, 6) is 0.767. The second-order valence-electron chi connectivity index (χ2n) is 3.62. The summed E-state index contributed by atoms with van der Waals surface area (Å²) in [6.07, 6.45) is 4.18. The van der Waals surface area contributed by atoms with Gasteiger partial charge in [-0.25, -0.2) is 4.98 Å². The van der Waals surface area contributed by atoms with Gasteiger partial charge in [-0.2, -0.15) is 0 Å². The van der Waals surface area contributed by atoms with Crippen LogP contribution in [-0.2, 0) is 10.8 Å². The normalized spacial score (nSPS) is 14.4. The van der Waals surface area contributed by atoms with Crippen LogP contribution in [0.25, 0.3) is 0 Å². The number of halogens is 1. The molecule has 0 amide bonds. The van der Waals surface area contributed by atoms with E-state index < -0.39 is 10.8 Å². The van der Waals surface area contributed by atoms with E-state index in [0.717, 1.165) is 23.3 Å². The molecule has 2 atom stereocenters. The molecule has 6 heteroatoms. The minimum absolute atomic E-state index is 0.194. The van der Waals surface area contributed by atoms with E-state index in [-0.39, 0.29) is 5.25 Å². The van der Waals surface area contributed by atoms with Gasteiger partial charge in [-0.15, -0.1) is 0 Å². The molecule has 1 rings (SSSR count). The molecule has 3 N–H and O–H groups in total. The van der Waals surface area contributed by atoms with Crippen molar-refractivity contribution in [3.63, 3.8) is 0 Å². The van der Waals surface area contributed by atoms with Gasteiger partial charge >= 0.3 is 0 Å². The van der Waals surface area contributed by atoms with Crippen molar-refractivity contribution in [2.75, 3.05) is 23.9 Å². The molecule has 0 fully saturated rings. The van der Waals surface area contributed by atoms with Gasteiger partial charge in [-0.05, 0) is 28.4 Å². The molecule has 90 valence electrons. The van der Waals surface area contributed by atoms with Crippen LogP contribution in [0.5, 0.6) is 0 Å². The quantitative estimate of drug-likeness (QED) is 0.873. The van der Waals surface area contributed by atoms with E-state index in [0.29, 0.717) is 5.69 Å². The van der Waals surface area contributed by atoms with Crippen molar-refractivity contribution in [2.45, 2.75) is 18.6 Å². The van der Waals surface area contributed by atoms with E-state index in [1.165, 1.54) is 0 Å². The van der Waals surface area contributed by atoms with Crippen LogP contribution in [0.1, 0.15) is 13.3 Å². The lowest BCUT2D eigenvalue weighted by atomic mass is 10.3. The zero-order valence-electron chi connectivity index (χ0n) is 9.37. The highest BCUT2D eigenvalue weighted by molar-refractivity contribution is 9.10. The Morgan fingerprint density at radius 1 is 1.69 bits per heavy atom. The largest absolute Gasteiger partial charge is 0.397 e. The molecule has 0 spiro atoms. The molecule has 1 heterocycles. The lowest BCUT2D eigenvalue weighted by Gasteiger charge is -2.10. The van der Waals surface area contributed by atoms with E-state index in [1.54, 1.807) is 18.5 Å². The first-order valence-corrected chi connectivity index (χ1v) is 7.39. The van der Waals surface area contributed by atoms with Crippen LogP contribution >= 0.6 is 15.9 Å². The summed E-state index contributed by atoms with van der Waals surface area (Å²) in [6, 6.07) is 1.80. The molecule has 0 radical (unpaired) electrons. The molecule has 0 aliphatic carbocycles. The van der Waals surface area contributed by atoms with Crippen LogP contribution in [0.2, 0.25) is 0 Å². The molecule has 0 aliphatic heterocycles. The smallest absolute Gasteiger partial charge is 0.140 e. The molecule has 0 saturated carbocycles. The maximum absolute atomic E-state index is 11.1. The predicted octanol–water partition coefficient (Wildman–Crippen LogP) is 2.00. The molecular formula is C10H16BrN3OS. The number of nitrogens with one attached hydrogen (secondary N) is 1. The summed E-state index contributed by atoms with van der Waals surface area (Å²) in [5, 5.41) is 3.37. The summed E-state index contributed by atoms with van der Waals surface area (Å²) in [7, 11) is -0.769. The van der Waals surface area contributed by atoms with Gasteiger partial charge in [0.2, 0.25) is 0 Å². The van der Waals surface area contributed by atoms with Crippen LogP contribution in [0.3, 0.4) is 0 Å². The summed E-state index contributed by atoms with van der Waals surface area (Å²) in [5.41, 5.74) is 6.21. The SMILES string of the molecule is CC(CCNc1ncc(N)cc1Br)S(C)=O. The van der Waals surface area contributed by atoms with Crippen molar-refractivity contribution >= 4 is 38.2 Å². The van der Waals surface area contributed by atoms with E-state index >= 15 is 0 Å². The summed E-state index contributed by atoms with van der Waals surface area (Å²) < 4.78 is 12.0. The molecule has 2 unspecified atom stereocenters. The van der Waals surface area contributed by atoms with Crippen LogP contribution in [0.4, 0.5) is 11.5 Å². The standard InChI is InChI=1S/C10H16BrN3OS/c1-7(16(2)15)3-4-13-10-9(11)5-8(12)6-14-10/h5-7H,3-4,12H2,1-2H3,(H,13,14). The molecular weight excluding hydrogens is 290 g/mol.